The molecule has 0 aliphatic rings. The van der Waals surface area contributed by atoms with Crippen molar-refractivity contribution in [2.45, 2.75) is 6.18 Å². The van der Waals surface area contributed by atoms with Crippen molar-refractivity contribution >= 4 is 15.8 Å². The van der Waals surface area contributed by atoms with Gasteiger partial charge in [0.05, 0.1) is 0 Å². The third-order valence-corrected chi connectivity index (χ3v) is 3.04. The van der Waals surface area contributed by atoms with Crippen molar-refractivity contribution in [3.05, 3.63) is 24.3 Å². The monoisotopic (exact) mass is 283 g/mol. The second-order valence-electron chi connectivity index (χ2n) is 3.79. The van der Waals surface area contributed by atoms with E-state index in [0.29, 0.717) is 0 Å². The number of anilines is 1. The van der Waals surface area contributed by atoms with Crippen molar-refractivity contribution < 1.29 is 25.8 Å². The Kier molecular flexibility index (Phi) is 4.10. The van der Waals surface area contributed by atoms with Gasteiger partial charge in [0.25, 0.3) is 0 Å². The molecular weight excluding hydrogens is 271 g/mol. The molecule has 18 heavy (non-hydrogen) atoms. The fourth-order valence-electron chi connectivity index (χ4n) is 1.18. The van der Waals surface area contributed by atoms with Gasteiger partial charge in [0, 0.05) is 19.8 Å². The molecule has 0 radical (unpaired) electrons. The minimum Gasteiger partial charge on any atom is -0.382 e. The highest BCUT2D eigenvalue weighted by Crippen LogP contribution is 2.22. The summed E-state index contributed by atoms with van der Waals surface area (Å²) in [6.07, 6.45) is -4.82. The topological polar surface area (TPSA) is 46.6 Å². The first-order chi connectivity index (χ1) is 8.09. The Hall–Kier alpha value is -1.44. The fraction of sp³-hybridized carbons (Fsp3) is 0.400. The molecule has 0 spiro atoms. The average Bonchev–Trinajstić information content (AvgIpc) is 2.13. The van der Waals surface area contributed by atoms with Crippen molar-refractivity contribution in [3.63, 3.8) is 0 Å². The molecule has 0 bridgehead atoms. The van der Waals surface area contributed by atoms with Gasteiger partial charge in [0.1, 0.15) is 5.75 Å². The van der Waals surface area contributed by atoms with Crippen molar-refractivity contribution in [2.24, 2.45) is 0 Å². The predicted molar refractivity (Wildman–Crippen MR) is 61.2 cm³/mol. The summed E-state index contributed by atoms with van der Waals surface area (Å²) in [5.74, 6) is -2.15. The van der Waals surface area contributed by atoms with Crippen molar-refractivity contribution in [1.82, 2.24) is 0 Å². The van der Waals surface area contributed by atoms with E-state index in [1.54, 1.807) is 31.1 Å². The molecule has 0 saturated carbocycles. The Bertz CT molecular complexity index is 494. The lowest BCUT2D eigenvalue weighted by molar-refractivity contribution is -0.107. The molecule has 0 aliphatic heterocycles. The molecule has 0 saturated heterocycles. The van der Waals surface area contributed by atoms with Gasteiger partial charge in [-0.3, -0.25) is 0 Å². The normalized spacial score (nSPS) is 12.3. The Labute approximate surface area is 103 Å². The molecule has 0 fully saturated rings. The standard InChI is InChI=1S/C10H12F3NO3S/c1-14(2)8-3-5-9(6-4-8)17-18(15,16)7-10(11,12)13/h3-6H,7H2,1-2H3. The van der Waals surface area contributed by atoms with Gasteiger partial charge in [0.2, 0.25) is 0 Å². The van der Waals surface area contributed by atoms with E-state index in [-0.39, 0.29) is 5.75 Å². The van der Waals surface area contributed by atoms with E-state index >= 15 is 0 Å². The Balaban J connectivity index is 2.79. The van der Waals surface area contributed by atoms with Gasteiger partial charge in [0.15, 0.2) is 5.75 Å². The van der Waals surface area contributed by atoms with Crippen molar-refractivity contribution in [2.75, 3.05) is 24.7 Å². The molecule has 0 unspecified atom stereocenters. The maximum absolute atomic E-state index is 12.0. The first kappa shape index (κ1) is 14.6. The summed E-state index contributed by atoms with van der Waals surface area (Å²) in [6, 6.07) is 5.67. The van der Waals surface area contributed by atoms with Crippen LogP contribution in [0.4, 0.5) is 18.9 Å². The third-order valence-electron chi connectivity index (χ3n) is 1.92. The smallest absolute Gasteiger partial charge is 0.382 e. The van der Waals surface area contributed by atoms with E-state index in [1.165, 1.54) is 12.1 Å². The minimum absolute atomic E-state index is 0.148. The van der Waals surface area contributed by atoms with Crippen LogP contribution in [0.5, 0.6) is 5.75 Å². The summed E-state index contributed by atoms with van der Waals surface area (Å²) in [6.45, 7) is 0. The highest BCUT2D eigenvalue weighted by molar-refractivity contribution is 7.87. The molecule has 0 atom stereocenters. The van der Waals surface area contributed by atoms with Crippen LogP contribution in [-0.2, 0) is 10.1 Å². The van der Waals surface area contributed by atoms with Crippen LogP contribution in [0.2, 0.25) is 0 Å². The summed E-state index contributed by atoms with van der Waals surface area (Å²) in [7, 11) is -1.12. The lowest BCUT2D eigenvalue weighted by Crippen LogP contribution is -2.26. The molecule has 0 N–H and O–H groups in total. The molecule has 102 valence electrons. The zero-order valence-corrected chi connectivity index (χ0v) is 10.5. The largest absolute Gasteiger partial charge is 0.406 e. The number of hydrogen-bond donors (Lipinski definition) is 0. The molecule has 0 amide bonds. The highest BCUT2D eigenvalue weighted by Gasteiger charge is 2.36. The van der Waals surface area contributed by atoms with E-state index in [1.807, 2.05) is 0 Å². The number of nitrogens with zero attached hydrogens (tertiary/aromatic N) is 1. The molecule has 0 heterocycles. The van der Waals surface area contributed by atoms with Gasteiger partial charge in [-0.2, -0.15) is 21.6 Å². The second-order valence-corrected chi connectivity index (χ2v) is 5.36. The first-order valence-electron chi connectivity index (χ1n) is 4.85. The van der Waals surface area contributed by atoms with Crippen LogP contribution in [0.3, 0.4) is 0 Å². The van der Waals surface area contributed by atoms with Crippen LogP contribution in [0.25, 0.3) is 0 Å². The fourth-order valence-corrected chi connectivity index (χ4v) is 2.04. The maximum atomic E-state index is 12.0. The van der Waals surface area contributed by atoms with E-state index in [0.717, 1.165) is 5.69 Å². The summed E-state index contributed by atoms with van der Waals surface area (Å²) >= 11 is 0. The highest BCUT2D eigenvalue weighted by atomic mass is 32.2. The van der Waals surface area contributed by atoms with Gasteiger partial charge >= 0.3 is 16.3 Å². The number of benzene rings is 1. The molecule has 8 heteroatoms. The zero-order chi connectivity index (χ0) is 14.0. The van der Waals surface area contributed by atoms with Gasteiger partial charge in [-0.25, -0.2) is 0 Å². The van der Waals surface area contributed by atoms with Crippen molar-refractivity contribution in [3.8, 4) is 5.75 Å². The SMILES string of the molecule is CN(C)c1ccc(OS(=O)(=O)CC(F)(F)F)cc1. The minimum atomic E-state index is -4.82. The van der Waals surface area contributed by atoms with E-state index in [9.17, 15) is 21.6 Å². The average molecular weight is 283 g/mol. The molecule has 4 nitrogen and oxygen atoms in total. The number of rotatable bonds is 4. The number of halogens is 3. The molecular formula is C10H12F3NO3S. The number of hydrogen-bond acceptors (Lipinski definition) is 4. The van der Waals surface area contributed by atoms with E-state index < -0.39 is 22.0 Å². The maximum Gasteiger partial charge on any atom is 0.406 e. The molecule has 1 rings (SSSR count). The van der Waals surface area contributed by atoms with E-state index in [2.05, 4.69) is 4.18 Å². The van der Waals surface area contributed by atoms with Crippen molar-refractivity contribution in [1.29, 1.82) is 0 Å². The Morgan fingerprint density at radius 3 is 2.06 bits per heavy atom. The van der Waals surface area contributed by atoms with Gasteiger partial charge in [-0.15, -0.1) is 0 Å². The first-order valence-corrected chi connectivity index (χ1v) is 6.43. The molecule has 1 aromatic carbocycles. The lowest BCUT2D eigenvalue weighted by Gasteiger charge is -2.13. The van der Waals surface area contributed by atoms with E-state index in [4.69, 9.17) is 0 Å². The summed E-state index contributed by atoms with van der Waals surface area (Å²) in [4.78, 5) is 1.76. The quantitative estimate of drug-likeness (QED) is 0.793. The van der Waals surface area contributed by atoms with Gasteiger partial charge in [-0.05, 0) is 24.3 Å². The van der Waals surface area contributed by atoms with Crippen LogP contribution in [-0.4, -0.2) is 34.4 Å². The Morgan fingerprint density at radius 2 is 1.67 bits per heavy atom. The summed E-state index contributed by atoms with van der Waals surface area (Å²) in [5, 5.41) is 0. The third kappa shape index (κ3) is 4.82. The summed E-state index contributed by atoms with van der Waals surface area (Å²) < 4.78 is 62.4. The van der Waals surface area contributed by atoms with Crippen LogP contribution in [0.1, 0.15) is 0 Å². The summed E-state index contributed by atoms with van der Waals surface area (Å²) in [5.41, 5.74) is 0.774. The number of alkyl halides is 3. The predicted octanol–water partition coefficient (Wildman–Crippen LogP) is 2.02. The molecule has 0 aliphatic carbocycles. The zero-order valence-electron chi connectivity index (χ0n) is 9.73. The molecule has 1 aromatic rings. The van der Waals surface area contributed by atoms with Crippen LogP contribution < -0.4 is 9.08 Å². The lowest BCUT2D eigenvalue weighted by atomic mass is 10.3. The van der Waals surface area contributed by atoms with Crippen LogP contribution >= 0.6 is 0 Å². The van der Waals surface area contributed by atoms with Gasteiger partial charge < -0.3 is 9.08 Å². The second kappa shape index (κ2) is 5.05. The molecule has 0 aromatic heterocycles. The van der Waals surface area contributed by atoms with Gasteiger partial charge in [-0.1, -0.05) is 0 Å². The Morgan fingerprint density at radius 1 is 1.17 bits per heavy atom. The van der Waals surface area contributed by atoms with Crippen LogP contribution in [0, 0.1) is 0 Å². The van der Waals surface area contributed by atoms with Crippen LogP contribution in [0.15, 0.2) is 24.3 Å².